The molecule has 2 aromatic heterocycles. The molecule has 16 heteroatoms. The molecule has 5 atom stereocenters. The maximum Gasteiger partial charge on any atom is 0.407 e. The lowest BCUT2D eigenvalue weighted by Gasteiger charge is -2.37. The molecular formula is C49H64N8O8. The Balaban J connectivity index is 1.14. The van der Waals surface area contributed by atoms with Crippen LogP contribution in [0.3, 0.4) is 0 Å². The smallest absolute Gasteiger partial charge is 0.407 e. The highest BCUT2D eigenvalue weighted by atomic mass is 16.5. The first kappa shape index (κ1) is 46.8. The van der Waals surface area contributed by atoms with Crippen molar-refractivity contribution in [1.82, 2.24) is 40.4 Å². The molecule has 0 radical (unpaired) electrons. The fourth-order valence-electron chi connectivity index (χ4n) is 9.12. The van der Waals surface area contributed by atoms with Gasteiger partial charge in [-0.05, 0) is 104 Å². The summed E-state index contributed by atoms with van der Waals surface area (Å²) in [6.07, 6.45) is 2.54. The average molecular weight is 893 g/mol. The van der Waals surface area contributed by atoms with Crippen LogP contribution in [0, 0.1) is 17.8 Å². The summed E-state index contributed by atoms with van der Waals surface area (Å²) in [5.74, 6) is 1.58. The fourth-order valence-corrected chi connectivity index (χ4v) is 9.12. The number of H-pyrrole nitrogens is 2. The van der Waals surface area contributed by atoms with Crippen molar-refractivity contribution in [2.45, 2.75) is 111 Å². The standard InChI is InChI=1S/C49H64N8O8/c1-11-28(6)57(47(59)41(27(4)5)54-48(60)62-9)30(8)44-50-23-39(52-44)33-12-14-35-34(20-33)25-65-40-22-36-32(21-37(35)40)13-15-38-43(36)53-45(51-38)29(7)56(24-26(2)3)46(58)42(55-49(61)63-10)31-16-18-64-19-17-31/h12-15,20-23,26-31,41-42H,11,16-19,24-25H2,1-10H3,(H,50,52)(H,51,53)(H,54,60)(H,55,61). The summed E-state index contributed by atoms with van der Waals surface area (Å²) in [7, 11) is 2.59. The van der Waals surface area contributed by atoms with Crippen LogP contribution in [-0.4, -0.2) is 106 Å². The van der Waals surface area contributed by atoms with Gasteiger partial charge in [-0.3, -0.25) is 9.59 Å². The number of imidazole rings is 2. The van der Waals surface area contributed by atoms with E-state index in [1.807, 2.05) is 52.5 Å². The summed E-state index contributed by atoms with van der Waals surface area (Å²) in [5, 5.41) is 7.49. The van der Waals surface area contributed by atoms with Crippen molar-refractivity contribution in [2.24, 2.45) is 17.8 Å². The number of aromatic nitrogens is 4. The van der Waals surface area contributed by atoms with Crippen molar-refractivity contribution in [3.8, 4) is 28.1 Å². The topological polar surface area (TPSA) is 193 Å². The van der Waals surface area contributed by atoms with Gasteiger partial charge in [-0.15, -0.1) is 0 Å². The Hall–Kier alpha value is -6.16. The number of hydrogen-bond donors (Lipinski definition) is 4. The van der Waals surface area contributed by atoms with Crippen LogP contribution < -0.4 is 15.4 Å². The summed E-state index contributed by atoms with van der Waals surface area (Å²) in [5.41, 5.74) is 6.42. The second-order valence-electron chi connectivity index (χ2n) is 18.2. The van der Waals surface area contributed by atoms with Gasteiger partial charge in [0.05, 0.1) is 49.2 Å². The Labute approximate surface area is 380 Å². The Bertz CT molecular complexity index is 2530. The maximum absolute atomic E-state index is 14.4. The Kier molecular flexibility index (Phi) is 14.4. The van der Waals surface area contributed by atoms with Crippen molar-refractivity contribution in [3.05, 3.63) is 65.9 Å². The number of carbonyl (C=O) groups excluding carboxylic acids is 4. The van der Waals surface area contributed by atoms with Gasteiger partial charge < -0.3 is 49.3 Å². The second-order valence-corrected chi connectivity index (χ2v) is 18.2. The van der Waals surface area contributed by atoms with Crippen molar-refractivity contribution in [2.75, 3.05) is 34.0 Å². The van der Waals surface area contributed by atoms with Crippen molar-refractivity contribution in [1.29, 1.82) is 0 Å². The Morgan fingerprint density at radius 3 is 2.25 bits per heavy atom. The van der Waals surface area contributed by atoms with Crippen molar-refractivity contribution < 1.29 is 38.1 Å². The lowest BCUT2D eigenvalue weighted by molar-refractivity contribution is -0.139. The van der Waals surface area contributed by atoms with E-state index in [-0.39, 0.29) is 35.6 Å². The van der Waals surface area contributed by atoms with Gasteiger partial charge in [-0.2, -0.15) is 0 Å². The largest absolute Gasteiger partial charge is 0.488 e. The zero-order chi connectivity index (χ0) is 46.7. The van der Waals surface area contributed by atoms with Crippen LogP contribution in [0.25, 0.3) is 44.2 Å². The van der Waals surface area contributed by atoms with E-state index in [4.69, 9.17) is 28.9 Å². The van der Waals surface area contributed by atoms with Crippen LogP contribution >= 0.6 is 0 Å². The lowest BCUT2D eigenvalue weighted by Crippen LogP contribution is -2.54. The van der Waals surface area contributed by atoms with Gasteiger partial charge in [-0.25, -0.2) is 19.6 Å². The molecule has 0 spiro atoms. The van der Waals surface area contributed by atoms with Crippen LogP contribution in [0.5, 0.6) is 5.75 Å². The number of ether oxygens (including phenoxy) is 4. The van der Waals surface area contributed by atoms with Crippen LogP contribution in [0.2, 0.25) is 0 Å². The van der Waals surface area contributed by atoms with E-state index >= 15 is 0 Å². The van der Waals surface area contributed by atoms with Gasteiger partial charge in [0.15, 0.2) is 0 Å². The molecule has 0 saturated carbocycles. The zero-order valence-electron chi connectivity index (χ0n) is 39.2. The van der Waals surface area contributed by atoms with Crippen LogP contribution in [0.4, 0.5) is 9.59 Å². The highest BCUT2D eigenvalue weighted by molar-refractivity contribution is 6.07. The normalized spacial score (nSPS) is 16.2. The molecule has 1 saturated heterocycles. The number of alkyl carbamates (subject to hydrolysis) is 2. The number of nitrogens with one attached hydrogen (secondary N) is 4. The van der Waals surface area contributed by atoms with Gasteiger partial charge in [0.2, 0.25) is 11.8 Å². The van der Waals surface area contributed by atoms with E-state index < -0.39 is 36.4 Å². The van der Waals surface area contributed by atoms with Crippen LogP contribution in [-0.2, 0) is 30.4 Å². The predicted molar refractivity (Wildman–Crippen MR) is 248 cm³/mol. The molecule has 0 aliphatic carbocycles. The van der Waals surface area contributed by atoms with E-state index in [1.54, 1.807) is 11.1 Å². The number of aromatic amines is 2. The first-order valence-electron chi connectivity index (χ1n) is 22.8. The highest BCUT2D eigenvalue weighted by Crippen LogP contribution is 2.43. The van der Waals surface area contributed by atoms with Gasteiger partial charge in [-0.1, -0.05) is 52.8 Å². The molecule has 3 aromatic carbocycles. The van der Waals surface area contributed by atoms with Gasteiger partial charge in [0, 0.05) is 36.8 Å². The fraction of sp³-hybridized carbons (Fsp3) is 0.510. The first-order valence-corrected chi connectivity index (χ1v) is 22.8. The van der Waals surface area contributed by atoms with E-state index in [1.165, 1.54) is 14.2 Å². The number of methoxy groups -OCH3 is 2. The molecule has 2 aliphatic rings. The minimum atomic E-state index is -0.761. The summed E-state index contributed by atoms with van der Waals surface area (Å²) >= 11 is 0. The van der Waals surface area contributed by atoms with Gasteiger partial charge in [0.25, 0.3) is 0 Å². The summed E-state index contributed by atoms with van der Waals surface area (Å²) < 4.78 is 21.8. The number of hydrogen-bond acceptors (Lipinski definition) is 10. The van der Waals surface area contributed by atoms with E-state index in [0.717, 1.165) is 61.9 Å². The Morgan fingerprint density at radius 1 is 0.846 bits per heavy atom. The van der Waals surface area contributed by atoms with E-state index in [9.17, 15) is 19.2 Å². The summed E-state index contributed by atoms with van der Waals surface area (Å²) in [4.78, 5) is 73.6. The van der Waals surface area contributed by atoms with E-state index in [2.05, 4.69) is 70.8 Å². The quantitative estimate of drug-likeness (QED) is 0.0793. The van der Waals surface area contributed by atoms with Gasteiger partial charge >= 0.3 is 12.2 Å². The SMILES string of the molecule is CCC(C)N(C(=O)C(NC(=O)OC)C(C)C)C(C)c1ncc(-c2ccc3c(c2)COc2cc4c(ccc5[nH]c(C(C)N(CC(C)C)C(=O)C(NC(=O)OC)C6CCOCC6)nc54)cc2-3)[nH]1. The monoisotopic (exact) mass is 892 g/mol. The summed E-state index contributed by atoms with van der Waals surface area (Å²) in [6, 6.07) is 12.1. The third-order valence-electron chi connectivity index (χ3n) is 13.0. The molecule has 4 amide bonds. The molecule has 4 N–H and O–H groups in total. The molecular weight excluding hydrogens is 829 g/mol. The molecule has 65 heavy (non-hydrogen) atoms. The number of rotatable bonds is 15. The number of nitrogens with zero attached hydrogens (tertiary/aromatic N) is 4. The zero-order valence-corrected chi connectivity index (χ0v) is 39.2. The number of fused-ring (bicyclic) bond motifs is 6. The lowest BCUT2D eigenvalue weighted by atomic mass is 9.90. The minimum absolute atomic E-state index is 0.0842. The predicted octanol–water partition coefficient (Wildman–Crippen LogP) is 8.43. The molecule has 1 fully saturated rings. The third kappa shape index (κ3) is 9.77. The van der Waals surface area contributed by atoms with Crippen LogP contribution in [0.15, 0.2) is 48.7 Å². The molecule has 2 aliphatic heterocycles. The molecule has 4 heterocycles. The average Bonchev–Trinajstić information content (AvgIpc) is 3.99. The first-order chi connectivity index (χ1) is 31.1. The number of amides is 4. The maximum atomic E-state index is 14.4. The molecule has 16 nitrogen and oxygen atoms in total. The summed E-state index contributed by atoms with van der Waals surface area (Å²) in [6.45, 7) is 17.8. The third-order valence-corrected chi connectivity index (χ3v) is 13.0. The van der Waals surface area contributed by atoms with Crippen molar-refractivity contribution >= 4 is 45.8 Å². The highest BCUT2D eigenvalue weighted by Gasteiger charge is 2.38. The second kappa shape index (κ2) is 19.9. The van der Waals surface area contributed by atoms with E-state index in [0.29, 0.717) is 50.9 Å². The number of benzene rings is 3. The van der Waals surface area contributed by atoms with Crippen LogP contribution in [0.1, 0.15) is 104 Å². The molecule has 348 valence electrons. The molecule has 0 bridgehead atoms. The van der Waals surface area contributed by atoms with Crippen molar-refractivity contribution in [3.63, 3.8) is 0 Å². The molecule has 7 rings (SSSR count). The minimum Gasteiger partial charge on any atom is -0.488 e. The molecule has 5 unspecified atom stereocenters. The Morgan fingerprint density at radius 2 is 1.57 bits per heavy atom. The molecule has 5 aromatic rings. The number of carbonyl (C=O) groups is 4. The van der Waals surface area contributed by atoms with Gasteiger partial charge in [0.1, 0.15) is 36.1 Å².